The van der Waals surface area contributed by atoms with Crippen molar-refractivity contribution in [3.05, 3.63) is 51.4 Å². The molecule has 1 aromatic carbocycles. The van der Waals surface area contributed by atoms with E-state index in [4.69, 9.17) is 23.2 Å². The fourth-order valence-corrected chi connectivity index (χ4v) is 2.85. The van der Waals surface area contributed by atoms with Crippen molar-refractivity contribution in [1.29, 1.82) is 0 Å². The average molecular weight is 334 g/mol. The summed E-state index contributed by atoms with van der Waals surface area (Å²) in [5.41, 5.74) is 1.95. The van der Waals surface area contributed by atoms with Gasteiger partial charge in [-0.25, -0.2) is 9.97 Å². The van der Waals surface area contributed by atoms with E-state index in [0.717, 1.165) is 30.2 Å². The largest absolute Gasteiger partial charge is 0.356 e. The molecule has 0 saturated carbocycles. The second-order valence-corrected chi connectivity index (χ2v) is 6.24. The van der Waals surface area contributed by atoms with Gasteiger partial charge in [0.05, 0.1) is 10.0 Å². The monoisotopic (exact) mass is 333 g/mol. The molecule has 0 N–H and O–H groups in total. The minimum absolute atomic E-state index is 0.548. The van der Waals surface area contributed by atoms with E-state index in [9.17, 15) is 0 Å². The van der Waals surface area contributed by atoms with Gasteiger partial charge in [0.25, 0.3) is 0 Å². The van der Waals surface area contributed by atoms with E-state index in [1.165, 1.54) is 12.8 Å². The molecule has 2 aromatic rings. The molecule has 1 fully saturated rings. The van der Waals surface area contributed by atoms with E-state index in [1.54, 1.807) is 6.07 Å². The standard InChI is InChI=1S/C17H17Cl2N3/c1-12-10-17(22-8-2-3-9-22)21-16(20-12)7-5-13-4-6-14(18)15(19)11-13/h4-7,10-11H,2-3,8-9H2,1H3/b7-5+. The quantitative estimate of drug-likeness (QED) is 0.802. The van der Waals surface area contributed by atoms with Crippen LogP contribution in [0.2, 0.25) is 10.0 Å². The molecule has 0 atom stereocenters. The van der Waals surface area contributed by atoms with Gasteiger partial charge in [-0.1, -0.05) is 35.3 Å². The van der Waals surface area contributed by atoms with Crippen molar-refractivity contribution in [3.8, 4) is 0 Å². The van der Waals surface area contributed by atoms with Crippen LogP contribution in [0.1, 0.15) is 29.9 Å². The van der Waals surface area contributed by atoms with Gasteiger partial charge in [-0.2, -0.15) is 0 Å². The first-order valence-electron chi connectivity index (χ1n) is 7.35. The molecule has 1 saturated heterocycles. The first-order chi connectivity index (χ1) is 10.6. The number of nitrogens with zero attached hydrogens (tertiary/aromatic N) is 3. The summed E-state index contributed by atoms with van der Waals surface area (Å²) in [5.74, 6) is 1.73. The maximum absolute atomic E-state index is 6.03. The van der Waals surface area contributed by atoms with Gasteiger partial charge in [0.2, 0.25) is 0 Å². The molecule has 0 aliphatic carbocycles. The molecule has 0 bridgehead atoms. The molecule has 2 heterocycles. The van der Waals surface area contributed by atoms with Gasteiger partial charge in [-0.05, 0) is 43.5 Å². The summed E-state index contributed by atoms with van der Waals surface area (Å²) in [6.07, 6.45) is 6.33. The number of halogens is 2. The van der Waals surface area contributed by atoms with Crippen molar-refractivity contribution in [3.63, 3.8) is 0 Å². The van der Waals surface area contributed by atoms with Gasteiger partial charge < -0.3 is 4.90 Å². The lowest BCUT2D eigenvalue weighted by Gasteiger charge is -2.16. The van der Waals surface area contributed by atoms with Gasteiger partial charge in [0.15, 0.2) is 5.82 Å². The molecule has 1 aliphatic rings. The minimum Gasteiger partial charge on any atom is -0.356 e. The summed E-state index contributed by atoms with van der Waals surface area (Å²) in [4.78, 5) is 11.4. The average Bonchev–Trinajstić information content (AvgIpc) is 3.02. The maximum Gasteiger partial charge on any atom is 0.154 e. The molecular formula is C17H17Cl2N3. The van der Waals surface area contributed by atoms with Crippen molar-refractivity contribution >= 4 is 41.2 Å². The maximum atomic E-state index is 6.03. The molecule has 0 amide bonds. The summed E-state index contributed by atoms with van der Waals surface area (Å²) in [6.45, 7) is 4.15. The topological polar surface area (TPSA) is 29.0 Å². The van der Waals surface area contributed by atoms with E-state index >= 15 is 0 Å². The van der Waals surface area contributed by atoms with Crippen molar-refractivity contribution in [2.45, 2.75) is 19.8 Å². The summed E-state index contributed by atoms with van der Waals surface area (Å²) >= 11 is 12.0. The third kappa shape index (κ3) is 3.60. The summed E-state index contributed by atoms with van der Waals surface area (Å²) in [6, 6.07) is 7.58. The Morgan fingerprint density at radius 3 is 2.50 bits per heavy atom. The number of anilines is 1. The fraction of sp³-hybridized carbons (Fsp3) is 0.294. The van der Waals surface area contributed by atoms with Crippen LogP contribution in [0.25, 0.3) is 12.2 Å². The van der Waals surface area contributed by atoms with Gasteiger partial charge in [-0.3, -0.25) is 0 Å². The zero-order valence-corrected chi connectivity index (χ0v) is 13.9. The second-order valence-electron chi connectivity index (χ2n) is 5.43. The van der Waals surface area contributed by atoms with Crippen LogP contribution in [0, 0.1) is 6.92 Å². The Labute approximate surface area is 140 Å². The molecule has 0 unspecified atom stereocenters. The van der Waals surface area contributed by atoms with Gasteiger partial charge in [-0.15, -0.1) is 0 Å². The number of hydrogen-bond acceptors (Lipinski definition) is 3. The van der Waals surface area contributed by atoms with E-state index in [2.05, 4.69) is 14.9 Å². The lowest BCUT2D eigenvalue weighted by Crippen LogP contribution is -2.19. The lowest BCUT2D eigenvalue weighted by atomic mass is 10.2. The van der Waals surface area contributed by atoms with Crippen molar-refractivity contribution in [2.75, 3.05) is 18.0 Å². The second kappa shape index (κ2) is 6.67. The Hall–Kier alpha value is -1.58. The molecule has 5 heteroatoms. The third-order valence-corrected chi connectivity index (χ3v) is 4.40. The van der Waals surface area contributed by atoms with Crippen molar-refractivity contribution < 1.29 is 0 Å². The van der Waals surface area contributed by atoms with Crippen LogP contribution in [0.4, 0.5) is 5.82 Å². The lowest BCUT2D eigenvalue weighted by molar-refractivity contribution is 0.915. The van der Waals surface area contributed by atoms with E-state index in [0.29, 0.717) is 15.9 Å². The highest BCUT2D eigenvalue weighted by Gasteiger charge is 2.14. The molecule has 0 radical (unpaired) electrons. The first-order valence-corrected chi connectivity index (χ1v) is 8.11. The molecule has 3 rings (SSSR count). The van der Waals surface area contributed by atoms with E-state index in [1.807, 2.05) is 37.3 Å². The number of aryl methyl sites for hydroxylation is 1. The minimum atomic E-state index is 0.548. The zero-order chi connectivity index (χ0) is 15.5. The van der Waals surface area contributed by atoms with Gasteiger partial charge >= 0.3 is 0 Å². The molecular weight excluding hydrogens is 317 g/mol. The smallest absolute Gasteiger partial charge is 0.154 e. The van der Waals surface area contributed by atoms with Crippen molar-refractivity contribution in [2.24, 2.45) is 0 Å². The number of aromatic nitrogens is 2. The highest BCUT2D eigenvalue weighted by molar-refractivity contribution is 6.42. The molecule has 1 aromatic heterocycles. The normalized spacial score (nSPS) is 15.0. The van der Waals surface area contributed by atoms with Crippen LogP contribution in [0.5, 0.6) is 0 Å². The Kier molecular flexibility index (Phi) is 4.65. The van der Waals surface area contributed by atoms with E-state index in [-0.39, 0.29) is 0 Å². The fourth-order valence-electron chi connectivity index (χ4n) is 2.54. The summed E-state index contributed by atoms with van der Waals surface area (Å²) in [5, 5.41) is 1.11. The van der Waals surface area contributed by atoms with Crippen LogP contribution in [-0.4, -0.2) is 23.1 Å². The summed E-state index contributed by atoms with van der Waals surface area (Å²) < 4.78 is 0. The Balaban J connectivity index is 1.84. The third-order valence-electron chi connectivity index (χ3n) is 3.66. The molecule has 22 heavy (non-hydrogen) atoms. The Bertz CT molecular complexity index is 707. The molecule has 3 nitrogen and oxygen atoms in total. The molecule has 114 valence electrons. The Morgan fingerprint density at radius 1 is 1.00 bits per heavy atom. The van der Waals surface area contributed by atoms with Crippen LogP contribution >= 0.6 is 23.2 Å². The molecule has 0 spiro atoms. The highest BCUT2D eigenvalue weighted by Crippen LogP contribution is 2.24. The predicted octanol–water partition coefficient (Wildman–Crippen LogP) is 4.86. The first kappa shape index (κ1) is 15.3. The number of hydrogen-bond donors (Lipinski definition) is 0. The SMILES string of the molecule is Cc1cc(N2CCCC2)nc(/C=C/c2ccc(Cl)c(Cl)c2)n1. The zero-order valence-electron chi connectivity index (χ0n) is 12.4. The van der Waals surface area contributed by atoms with Gasteiger partial charge in [0, 0.05) is 24.8 Å². The number of benzene rings is 1. The van der Waals surface area contributed by atoms with Crippen LogP contribution in [0.15, 0.2) is 24.3 Å². The van der Waals surface area contributed by atoms with E-state index < -0.39 is 0 Å². The molecule has 1 aliphatic heterocycles. The number of rotatable bonds is 3. The highest BCUT2D eigenvalue weighted by atomic mass is 35.5. The van der Waals surface area contributed by atoms with Gasteiger partial charge in [0.1, 0.15) is 5.82 Å². The Morgan fingerprint density at radius 2 is 1.77 bits per heavy atom. The van der Waals surface area contributed by atoms with Crippen LogP contribution in [-0.2, 0) is 0 Å². The van der Waals surface area contributed by atoms with Crippen LogP contribution < -0.4 is 4.90 Å². The van der Waals surface area contributed by atoms with Crippen molar-refractivity contribution in [1.82, 2.24) is 9.97 Å². The summed E-state index contributed by atoms with van der Waals surface area (Å²) in [7, 11) is 0. The predicted molar refractivity (Wildman–Crippen MR) is 93.6 cm³/mol. The van der Waals surface area contributed by atoms with Crippen LogP contribution in [0.3, 0.4) is 0 Å².